The van der Waals surface area contributed by atoms with Gasteiger partial charge in [0.25, 0.3) is 0 Å². The Morgan fingerprint density at radius 3 is 1.11 bits per heavy atom. The second-order valence-electron chi connectivity index (χ2n) is 0.447. The average molecular weight is 226 g/mol. The van der Waals surface area contributed by atoms with Gasteiger partial charge < -0.3 is 30.2 Å². The van der Waals surface area contributed by atoms with Crippen LogP contribution in [0.2, 0.25) is 0 Å². The smallest absolute Gasteiger partial charge is 0.870 e. The molecular weight excluding hydrogens is 223 g/mol. The van der Waals surface area contributed by atoms with Crippen molar-refractivity contribution in [1.29, 1.82) is 0 Å². The van der Waals surface area contributed by atoms with Crippen molar-refractivity contribution in [2.45, 2.75) is 0 Å². The molecular formula is H3CaFeO6P. The van der Waals surface area contributed by atoms with E-state index in [4.69, 9.17) is 19.2 Å². The molecule has 0 aromatic rings. The Kier molecular flexibility index (Phi) is 42.7. The van der Waals surface area contributed by atoms with Crippen LogP contribution >= 0.6 is 7.82 Å². The fraction of sp³-hybridized carbons (Fsp3) is 0. The Bertz CT molecular complexity index is 59.2. The van der Waals surface area contributed by atoms with Gasteiger partial charge in [0, 0.05) is 0 Å². The van der Waals surface area contributed by atoms with E-state index >= 15 is 0 Å². The third kappa shape index (κ3) is 183. The molecule has 0 aromatic heterocycles. The molecule has 0 aliphatic rings. The SMILES string of the molecule is O.O=P([O-])([O-])[O-].[Ca+2].[Fe+2].[OH-]. The van der Waals surface area contributed by atoms with Crippen LogP contribution in [-0.2, 0) is 21.6 Å². The summed E-state index contributed by atoms with van der Waals surface area (Å²) in [4.78, 5) is 25.6. The molecule has 0 rings (SSSR count). The van der Waals surface area contributed by atoms with E-state index in [0.29, 0.717) is 0 Å². The van der Waals surface area contributed by atoms with E-state index < -0.39 is 7.82 Å². The third-order valence-corrected chi connectivity index (χ3v) is 0. The van der Waals surface area contributed by atoms with Gasteiger partial charge in [0.2, 0.25) is 0 Å². The summed E-state index contributed by atoms with van der Waals surface area (Å²) in [6, 6.07) is 0. The van der Waals surface area contributed by atoms with E-state index in [9.17, 15) is 0 Å². The first-order valence-corrected chi connectivity index (χ1v) is 2.19. The van der Waals surface area contributed by atoms with Crippen molar-refractivity contribution in [2.75, 3.05) is 0 Å². The number of rotatable bonds is 0. The first-order valence-electron chi connectivity index (χ1n) is 0.730. The minimum absolute atomic E-state index is 0. The number of hydrogen-bond acceptors (Lipinski definition) is 5. The number of phosphoric acid groups is 1. The number of hydrogen-bond donors (Lipinski definition) is 0. The fourth-order valence-corrected chi connectivity index (χ4v) is 0. The summed E-state index contributed by atoms with van der Waals surface area (Å²) in [5.74, 6) is 0. The van der Waals surface area contributed by atoms with Gasteiger partial charge in [-0.1, -0.05) is 0 Å². The second kappa shape index (κ2) is 12.5. The monoisotopic (exact) mass is 226 g/mol. The van der Waals surface area contributed by atoms with Gasteiger partial charge in [-0.3, -0.25) is 0 Å². The van der Waals surface area contributed by atoms with E-state index in [1.165, 1.54) is 0 Å². The Balaban J connectivity index is -0.0000000133. The van der Waals surface area contributed by atoms with Gasteiger partial charge in [-0.2, -0.15) is 7.82 Å². The van der Waals surface area contributed by atoms with Gasteiger partial charge in [-0.05, 0) is 0 Å². The van der Waals surface area contributed by atoms with Crippen molar-refractivity contribution in [3.8, 4) is 0 Å². The summed E-state index contributed by atoms with van der Waals surface area (Å²) in [5, 5.41) is 0. The minimum atomic E-state index is -5.39. The molecule has 0 aliphatic heterocycles. The molecule has 0 aliphatic carbocycles. The van der Waals surface area contributed by atoms with Crippen LogP contribution in [0.5, 0.6) is 0 Å². The van der Waals surface area contributed by atoms with Crippen LogP contribution in [0.3, 0.4) is 0 Å². The van der Waals surface area contributed by atoms with Gasteiger partial charge in [-0.15, -0.1) is 0 Å². The second-order valence-corrected chi connectivity index (χ2v) is 1.34. The zero-order valence-corrected chi connectivity index (χ0v) is 8.30. The van der Waals surface area contributed by atoms with Crippen LogP contribution in [0.1, 0.15) is 0 Å². The zero-order chi connectivity index (χ0) is 4.50. The zero-order valence-electron chi connectivity index (χ0n) is 4.09. The van der Waals surface area contributed by atoms with E-state index in [-0.39, 0.29) is 65.8 Å². The van der Waals surface area contributed by atoms with Crippen LogP contribution in [0.4, 0.5) is 0 Å². The molecule has 0 bridgehead atoms. The summed E-state index contributed by atoms with van der Waals surface area (Å²) in [6.07, 6.45) is 0. The molecule has 0 amide bonds. The third-order valence-electron chi connectivity index (χ3n) is 0. The first-order chi connectivity index (χ1) is 2.00. The van der Waals surface area contributed by atoms with E-state index in [1.807, 2.05) is 0 Å². The van der Waals surface area contributed by atoms with Crippen molar-refractivity contribution in [3.05, 3.63) is 0 Å². The van der Waals surface area contributed by atoms with Crippen LogP contribution in [0.25, 0.3) is 0 Å². The van der Waals surface area contributed by atoms with Crippen molar-refractivity contribution in [2.24, 2.45) is 0 Å². The fourth-order valence-electron chi connectivity index (χ4n) is 0. The molecule has 0 heterocycles. The maximum absolute atomic E-state index is 8.55. The van der Waals surface area contributed by atoms with Gasteiger partial charge in [-0.25, -0.2) is 0 Å². The summed E-state index contributed by atoms with van der Waals surface area (Å²) >= 11 is 0. The molecule has 0 saturated heterocycles. The van der Waals surface area contributed by atoms with Crippen molar-refractivity contribution < 1.29 is 47.3 Å². The molecule has 3 N–H and O–H groups in total. The van der Waals surface area contributed by atoms with Crippen molar-refractivity contribution >= 4 is 45.6 Å². The summed E-state index contributed by atoms with van der Waals surface area (Å²) < 4.78 is 8.55. The molecule has 9 heavy (non-hydrogen) atoms. The molecule has 0 unspecified atom stereocenters. The normalized spacial score (nSPS) is 6.56. The molecule has 9 heteroatoms. The van der Waals surface area contributed by atoms with Crippen LogP contribution in [-0.4, -0.2) is 48.7 Å². The topological polar surface area (TPSA) is 148 Å². The van der Waals surface area contributed by atoms with Crippen LogP contribution in [0, 0.1) is 0 Å². The Hall–Kier alpha value is 1.81. The van der Waals surface area contributed by atoms with Gasteiger partial charge in [0.05, 0.1) is 0 Å². The van der Waals surface area contributed by atoms with E-state index in [0.717, 1.165) is 0 Å². The molecule has 0 spiro atoms. The average Bonchev–Trinajstić information content (AvgIpc) is 0.722. The predicted octanol–water partition coefficient (Wildman–Crippen LogP) is -4.21. The quantitative estimate of drug-likeness (QED) is 0.303. The standard InChI is InChI=1S/Ca.Fe.H3O4P.2H2O/c;;1-5(2,3)4;;/h;;(H3,1,2,3,4);2*1H2/q2*+2;;;/p-4. The minimum Gasteiger partial charge on any atom is -0.870 e. The largest absolute Gasteiger partial charge is 2.00 e. The summed E-state index contributed by atoms with van der Waals surface area (Å²) in [6.45, 7) is 0. The van der Waals surface area contributed by atoms with Crippen LogP contribution < -0.4 is 14.7 Å². The summed E-state index contributed by atoms with van der Waals surface area (Å²) in [7, 11) is -5.39. The maximum Gasteiger partial charge on any atom is 2.00 e. The molecule has 54 valence electrons. The Morgan fingerprint density at radius 2 is 1.11 bits per heavy atom. The van der Waals surface area contributed by atoms with Crippen molar-refractivity contribution in [1.82, 2.24) is 0 Å². The Labute approximate surface area is 92.0 Å². The molecule has 0 radical (unpaired) electrons. The molecule has 6 nitrogen and oxygen atoms in total. The first kappa shape index (κ1) is 30.8. The molecule has 0 aromatic carbocycles. The van der Waals surface area contributed by atoms with Gasteiger partial charge >= 0.3 is 54.8 Å². The van der Waals surface area contributed by atoms with Crippen molar-refractivity contribution in [3.63, 3.8) is 0 Å². The molecule has 0 atom stereocenters. The molecule has 0 saturated carbocycles. The van der Waals surface area contributed by atoms with E-state index in [1.54, 1.807) is 0 Å². The Morgan fingerprint density at radius 1 is 1.11 bits per heavy atom. The van der Waals surface area contributed by atoms with Gasteiger partial charge in [0.1, 0.15) is 0 Å². The van der Waals surface area contributed by atoms with Crippen LogP contribution in [0.15, 0.2) is 0 Å². The maximum atomic E-state index is 8.55. The predicted molar refractivity (Wildman–Crippen MR) is 18.9 cm³/mol. The van der Waals surface area contributed by atoms with Gasteiger partial charge in [0.15, 0.2) is 0 Å². The molecule has 0 fully saturated rings. The summed E-state index contributed by atoms with van der Waals surface area (Å²) in [5.41, 5.74) is 0. The van der Waals surface area contributed by atoms with E-state index in [2.05, 4.69) is 0 Å².